The van der Waals surface area contributed by atoms with Crippen molar-refractivity contribution >= 4 is 22.6 Å². The quantitative estimate of drug-likeness (QED) is 0.907. The summed E-state index contributed by atoms with van der Waals surface area (Å²) in [6.07, 6.45) is 0. The van der Waals surface area contributed by atoms with Crippen molar-refractivity contribution < 1.29 is 14.3 Å². The topological polar surface area (TPSA) is 63.7 Å². The van der Waals surface area contributed by atoms with E-state index in [1.807, 2.05) is 37.3 Å². The van der Waals surface area contributed by atoms with Gasteiger partial charge in [-0.2, -0.15) is 0 Å². The molecule has 1 N–H and O–H groups in total. The Bertz CT molecular complexity index is 714. The third-order valence-corrected chi connectivity index (χ3v) is 4.08. The van der Waals surface area contributed by atoms with Gasteiger partial charge in [0.15, 0.2) is 0 Å². The zero-order valence-corrected chi connectivity index (χ0v) is 14.1. The van der Waals surface area contributed by atoms with E-state index in [-0.39, 0.29) is 11.9 Å². The van der Waals surface area contributed by atoms with Crippen LogP contribution in [0.3, 0.4) is 0 Å². The average Bonchev–Trinajstić information content (AvgIpc) is 2.61. The van der Waals surface area contributed by atoms with E-state index in [1.165, 1.54) is 0 Å². The predicted molar refractivity (Wildman–Crippen MR) is 93.6 cm³/mol. The summed E-state index contributed by atoms with van der Waals surface area (Å²) in [6.45, 7) is 5.33. The van der Waals surface area contributed by atoms with Crippen molar-refractivity contribution in [3.05, 3.63) is 35.9 Å². The van der Waals surface area contributed by atoms with Gasteiger partial charge in [0.2, 0.25) is 0 Å². The first-order chi connectivity index (χ1) is 11.7. The highest BCUT2D eigenvalue weighted by Crippen LogP contribution is 2.23. The van der Waals surface area contributed by atoms with E-state index in [2.05, 4.69) is 10.2 Å². The van der Waals surface area contributed by atoms with Crippen LogP contribution < -0.4 is 10.2 Å². The fourth-order valence-electron chi connectivity index (χ4n) is 2.90. The number of nitrogens with zero attached hydrogens (tertiary/aromatic N) is 2. The Morgan fingerprint density at radius 2 is 2.12 bits per heavy atom. The minimum atomic E-state index is -0.104. The van der Waals surface area contributed by atoms with Crippen LogP contribution in [0.25, 0.3) is 10.9 Å². The van der Waals surface area contributed by atoms with Gasteiger partial charge in [-0.3, -0.25) is 4.79 Å². The van der Waals surface area contributed by atoms with Crippen molar-refractivity contribution in [2.75, 3.05) is 44.9 Å². The smallest absolute Gasteiger partial charge is 0.252 e. The number of ether oxygens (including phenoxy) is 2. The monoisotopic (exact) mass is 329 g/mol. The lowest BCUT2D eigenvalue weighted by molar-refractivity contribution is 0.0907. The summed E-state index contributed by atoms with van der Waals surface area (Å²) in [4.78, 5) is 19.6. The van der Waals surface area contributed by atoms with Gasteiger partial charge in [0, 0.05) is 31.6 Å². The Balaban J connectivity index is 1.96. The van der Waals surface area contributed by atoms with Gasteiger partial charge in [-0.05, 0) is 19.1 Å². The van der Waals surface area contributed by atoms with Crippen molar-refractivity contribution in [1.82, 2.24) is 10.3 Å². The minimum absolute atomic E-state index is 0.0544. The maximum absolute atomic E-state index is 12.7. The molecule has 6 nitrogen and oxygen atoms in total. The Hall–Kier alpha value is -2.18. The second kappa shape index (κ2) is 7.59. The molecular weight excluding hydrogens is 306 g/mol. The third-order valence-electron chi connectivity index (χ3n) is 4.08. The minimum Gasteiger partial charge on any atom is -0.383 e. The summed E-state index contributed by atoms with van der Waals surface area (Å²) < 4.78 is 10.5. The summed E-state index contributed by atoms with van der Waals surface area (Å²) in [5.41, 5.74) is 1.47. The largest absolute Gasteiger partial charge is 0.383 e. The zero-order valence-electron chi connectivity index (χ0n) is 14.1. The lowest BCUT2D eigenvalue weighted by atomic mass is 10.1. The predicted octanol–water partition coefficient (Wildman–Crippen LogP) is 1.84. The van der Waals surface area contributed by atoms with Crippen molar-refractivity contribution in [3.8, 4) is 0 Å². The molecule has 24 heavy (non-hydrogen) atoms. The number of fused-ring (bicyclic) bond motifs is 1. The van der Waals surface area contributed by atoms with Crippen molar-refractivity contribution in [2.45, 2.75) is 13.0 Å². The van der Waals surface area contributed by atoms with Crippen LogP contribution in [0.5, 0.6) is 0 Å². The van der Waals surface area contributed by atoms with E-state index in [1.54, 1.807) is 7.11 Å². The van der Waals surface area contributed by atoms with Gasteiger partial charge in [-0.1, -0.05) is 18.2 Å². The summed E-state index contributed by atoms with van der Waals surface area (Å²) in [6, 6.07) is 9.56. The number of anilines is 1. The number of carbonyl (C=O) groups is 1. The number of aromatic nitrogens is 1. The molecule has 2 heterocycles. The number of hydrogen-bond acceptors (Lipinski definition) is 5. The molecule has 0 aliphatic carbocycles. The number of benzene rings is 1. The van der Waals surface area contributed by atoms with Crippen LogP contribution in [0.1, 0.15) is 17.3 Å². The fraction of sp³-hybridized carbons (Fsp3) is 0.444. The van der Waals surface area contributed by atoms with Gasteiger partial charge < -0.3 is 19.7 Å². The molecule has 1 unspecified atom stereocenters. The number of morpholine rings is 1. The van der Waals surface area contributed by atoms with Gasteiger partial charge in [0.1, 0.15) is 5.82 Å². The molecule has 1 saturated heterocycles. The third kappa shape index (κ3) is 3.66. The molecule has 6 heteroatoms. The lowest BCUT2D eigenvalue weighted by Crippen LogP contribution is -2.38. The Kier molecular flexibility index (Phi) is 5.27. The van der Waals surface area contributed by atoms with Crippen LogP contribution in [0, 0.1) is 0 Å². The number of carbonyl (C=O) groups excluding carboxylic acids is 1. The van der Waals surface area contributed by atoms with Gasteiger partial charge in [0.05, 0.1) is 30.9 Å². The number of rotatable bonds is 5. The SMILES string of the molecule is COCC(C)NC(=O)c1cc(N2CCOCC2)nc2ccccc12. The highest BCUT2D eigenvalue weighted by atomic mass is 16.5. The van der Waals surface area contributed by atoms with E-state index >= 15 is 0 Å². The second-order valence-electron chi connectivity index (χ2n) is 5.97. The second-order valence-corrected chi connectivity index (χ2v) is 5.97. The van der Waals surface area contributed by atoms with Gasteiger partial charge >= 0.3 is 0 Å². The summed E-state index contributed by atoms with van der Waals surface area (Å²) in [5.74, 6) is 0.717. The van der Waals surface area contributed by atoms with E-state index in [9.17, 15) is 4.79 Å². The molecule has 1 aromatic carbocycles. The lowest BCUT2D eigenvalue weighted by Gasteiger charge is -2.28. The number of amides is 1. The van der Waals surface area contributed by atoms with Crippen LogP contribution >= 0.6 is 0 Å². The number of nitrogens with one attached hydrogen (secondary N) is 1. The molecule has 1 amide bonds. The molecule has 128 valence electrons. The van der Waals surface area contributed by atoms with Crippen LogP contribution in [0.2, 0.25) is 0 Å². The van der Waals surface area contributed by atoms with Crippen molar-refractivity contribution in [2.24, 2.45) is 0 Å². The molecule has 3 rings (SSSR count). The molecule has 1 aromatic heterocycles. The molecule has 2 aromatic rings. The van der Waals surface area contributed by atoms with Crippen molar-refractivity contribution in [3.63, 3.8) is 0 Å². The number of methoxy groups -OCH3 is 1. The highest BCUT2D eigenvalue weighted by Gasteiger charge is 2.19. The summed E-state index contributed by atoms with van der Waals surface area (Å²) >= 11 is 0. The highest BCUT2D eigenvalue weighted by molar-refractivity contribution is 6.07. The van der Waals surface area contributed by atoms with Crippen LogP contribution in [-0.4, -0.2) is 57.0 Å². The van der Waals surface area contributed by atoms with Crippen LogP contribution in [0.4, 0.5) is 5.82 Å². The van der Waals surface area contributed by atoms with Gasteiger partial charge in [0.25, 0.3) is 5.91 Å². The molecule has 0 spiro atoms. The Morgan fingerprint density at radius 3 is 2.88 bits per heavy atom. The summed E-state index contributed by atoms with van der Waals surface area (Å²) in [7, 11) is 1.63. The number of para-hydroxylation sites is 1. The number of hydrogen-bond donors (Lipinski definition) is 1. The zero-order chi connectivity index (χ0) is 16.9. The molecule has 0 saturated carbocycles. The molecule has 1 atom stereocenters. The fourth-order valence-corrected chi connectivity index (χ4v) is 2.90. The van der Waals surface area contributed by atoms with Crippen LogP contribution in [-0.2, 0) is 9.47 Å². The van der Waals surface area contributed by atoms with Gasteiger partial charge in [-0.25, -0.2) is 4.98 Å². The Morgan fingerprint density at radius 1 is 1.38 bits per heavy atom. The molecule has 0 bridgehead atoms. The molecule has 1 fully saturated rings. The first kappa shape index (κ1) is 16.7. The standard InChI is InChI=1S/C18H23N3O3/c1-13(12-23-2)19-18(22)15-11-17(21-7-9-24-10-8-21)20-16-6-4-3-5-14(15)16/h3-6,11,13H,7-10,12H2,1-2H3,(H,19,22). The maximum Gasteiger partial charge on any atom is 0.252 e. The summed E-state index contributed by atoms with van der Waals surface area (Å²) in [5, 5.41) is 3.84. The van der Waals surface area contributed by atoms with Gasteiger partial charge in [-0.15, -0.1) is 0 Å². The maximum atomic E-state index is 12.7. The van der Waals surface area contributed by atoms with E-state index < -0.39 is 0 Å². The average molecular weight is 329 g/mol. The van der Waals surface area contributed by atoms with E-state index in [0.717, 1.165) is 29.8 Å². The molecule has 1 aliphatic heterocycles. The molecular formula is C18H23N3O3. The first-order valence-electron chi connectivity index (χ1n) is 8.21. The molecule has 0 radical (unpaired) electrons. The normalized spacial score (nSPS) is 16.2. The molecule has 1 aliphatic rings. The number of pyridine rings is 1. The Labute approximate surface area is 141 Å². The van der Waals surface area contributed by atoms with E-state index in [4.69, 9.17) is 14.5 Å². The van der Waals surface area contributed by atoms with E-state index in [0.29, 0.717) is 25.4 Å². The van der Waals surface area contributed by atoms with Crippen molar-refractivity contribution in [1.29, 1.82) is 0 Å². The first-order valence-corrected chi connectivity index (χ1v) is 8.21. The van der Waals surface area contributed by atoms with Crippen LogP contribution in [0.15, 0.2) is 30.3 Å².